The summed E-state index contributed by atoms with van der Waals surface area (Å²) < 4.78 is 5.06. The van der Waals surface area contributed by atoms with Gasteiger partial charge in [-0.3, -0.25) is 4.79 Å². The molecule has 0 aliphatic rings. The number of carbonyl (C=O) groups excluding carboxylic acids is 1. The summed E-state index contributed by atoms with van der Waals surface area (Å²) in [4.78, 5) is 11.9. The van der Waals surface area contributed by atoms with E-state index in [1.807, 2.05) is 24.3 Å². The van der Waals surface area contributed by atoms with Crippen LogP contribution >= 0.6 is 23.2 Å². The van der Waals surface area contributed by atoms with E-state index in [2.05, 4.69) is 5.32 Å². The van der Waals surface area contributed by atoms with Crippen LogP contribution in [0.25, 0.3) is 6.08 Å². The molecule has 0 spiro atoms. The summed E-state index contributed by atoms with van der Waals surface area (Å²) in [5.74, 6) is -0.207. The fourth-order valence-electron chi connectivity index (χ4n) is 2.00. The van der Waals surface area contributed by atoms with Gasteiger partial charge in [0, 0.05) is 35.3 Å². The van der Waals surface area contributed by atoms with E-state index < -0.39 is 0 Å². The zero-order valence-electron chi connectivity index (χ0n) is 12.7. The molecule has 0 heterocycles. The lowest BCUT2D eigenvalue weighted by Gasteiger charge is -2.05. The van der Waals surface area contributed by atoms with Crippen LogP contribution in [0.15, 0.2) is 48.5 Å². The lowest BCUT2D eigenvalue weighted by molar-refractivity contribution is -0.116. The second-order valence-electron chi connectivity index (χ2n) is 4.94. The Morgan fingerprint density at radius 2 is 1.70 bits per heavy atom. The van der Waals surface area contributed by atoms with Gasteiger partial charge in [-0.15, -0.1) is 0 Å². The first kappa shape index (κ1) is 17.5. The molecule has 1 amide bonds. The van der Waals surface area contributed by atoms with Gasteiger partial charge in [0.1, 0.15) is 0 Å². The van der Waals surface area contributed by atoms with Crippen LogP contribution in [0.2, 0.25) is 10.0 Å². The van der Waals surface area contributed by atoms with Crippen molar-refractivity contribution in [2.75, 3.05) is 7.11 Å². The zero-order valence-corrected chi connectivity index (χ0v) is 14.2. The fraction of sp³-hybridized carbons (Fsp3) is 0.167. The minimum atomic E-state index is -0.207. The number of nitrogens with one attached hydrogen (secondary N) is 1. The maximum absolute atomic E-state index is 11.9. The maximum Gasteiger partial charge on any atom is 0.244 e. The minimum Gasteiger partial charge on any atom is -0.380 e. The molecule has 23 heavy (non-hydrogen) atoms. The normalized spacial score (nSPS) is 10.9. The van der Waals surface area contributed by atoms with Crippen molar-refractivity contribution >= 4 is 35.2 Å². The average molecular weight is 350 g/mol. The smallest absolute Gasteiger partial charge is 0.244 e. The second-order valence-corrected chi connectivity index (χ2v) is 5.75. The van der Waals surface area contributed by atoms with Gasteiger partial charge in [-0.25, -0.2) is 0 Å². The van der Waals surface area contributed by atoms with Crippen molar-refractivity contribution < 1.29 is 9.53 Å². The third kappa shape index (κ3) is 5.39. The molecule has 0 fully saturated rings. The Kier molecular flexibility index (Phi) is 6.66. The molecule has 2 aromatic carbocycles. The first-order valence-corrected chi connectivity index (χ1v) is 7.82. The van der Waals surface area contributed by atoms with E-state index in [-0.39, 0.29) is 5.91 Å². The Bertz CT molecular complexity index is 676. The average Bonchev–Trinajstić information content (AvgIpc) is 2.54. The number of hydrogen-bond acceptors (Lipinski definition) is 2. The first-order chi connectivity index (χ1) is 11.1. The summed E-state index contributed by atoms with van der Waals surface area (Å²) in [5, 5.41) is 3.84. The molecule has 0 radical (unpaired) electrons. The van der Waals surface area contributed by atoms with Crippen LogP contribution < -0.4 is 5.32 Å². The van der Waals surface area contributed by atoms with Gasteiger partial charge in [-0.1, -0.05) is 53.5 Å². The predicted molar refractivity (Wildman–Crippen MR) is 94.5 cm³/mol. The van der Waals surface area contributed by atoms with Crippen LogP contribution in [0.5, 0.6) is 0 Å². The quantitative estimate of drug-likeness (QED) is 0.781. The molecular formula is C18H17Cl2NO2. The number of ether oxygens (including phenoxy) is 1. The Hall–Kier alpha value is -1.81. The van der Waals surface area contributed by atoms with Gasteiger partial charge in [0.2, 0.25) is 5.91 Å². The number of benzene rings is 2. The topological polar surface area (TPSA) is 38.3 Å². The largest absolute Gasteiger partial charge is 0.380 e. The van der Waals surface area contributed by atoms with E-state index >= 15 is 0 Å². The van der Waals surface area contributed by atoms with Crippen LogP contribution in [0.3, 0.4) is 0 Å². The third-order valence-electron chi connectivity index (χ3n) is 3.20. The van der Waals surface area contributed by atoms with Crippen molar-refractivity contribution in [3.8, 4) is 0 Å². The SMILES string of the molecule is COCc1ccc(CNC(=O)/C=C/c2c(Cl)cccc2Cl)cc1. The molecule has 2 aromatic rings. The highest BCUT2D eigenvalue weighted by Crippen LogP contribution is 2.25. The van der Waals surface area contributed by atoms with Gasteiger partial charge < -0.3 is 10.1 Å². The molecule has 0 unspecified atom stereocenters. The second kappa shape index (κ2) is 8.73. The van der Waals surface area contributed by atoms with E-state index in [0.29, 0.717) is 28.8 Å². The maximum atomic E-state index is 11.9. The molecule has 5 heteroatoms. The predicted octanol–water partition coefficient (Wildman–Crippen LogP) is 4.47. The van der Waals surface area contributed by atoms with Crippen molar-refractivity contribution in [1.82, 2.24) is 5.32 Å². The number of hydrogen-bond donors (Lipinski definition) is 1. The van der Waals surface area contributed by atoms with Crippen molar-refractivity contribution in [2.24, 2.45) is 0 Å². The summed E-state index contributed by atoms with van der Waals surface area (Å²) >= 11 is 12.1. The Morgan fingerprint density at radius 1 is 1.09 bits per heavy atom. The molecule has 0 saturated heterocycles. The van der Waals surface area contributed by atoms with E-state index in [1.165, 1.54) is 6.08 Å². The highest BCUT2D eigenvalue weighted by atomic mass is 35.5. The van der Waals surface area contributed by atoms with E-state index in [4.69, 9.17) is 27.9 Å². The Morgan fingerprint density at radius 3 is 2.30 bits per heavy atom. The molecule has 2 rings (SSSR count). The number of rotatable bonds is 6. The first-order valence-electron chi connectivity index (χ1n) is 7.07. The minimum absolute atomic E-state index is 0.207. The van der Waals surface area contributed by atoms with Gasteiger partial charge in [-0.05, 0) is 29.3 Å². The molecule has 0 bridgehead atoms. The molecule has 0 aromatic heterocycles. The molecule has 0 saturated carbocycles. The summed E-state index contributed by atoms with van der Waals surface area (Å²) in [7, 11) is 1.66. The lowest BCUT2D eigenvalue weighted by atomic mass is 10.1. The number of carbonyl (C=O) groups is 1. The molecule has 0 aliphatic heterocycles. The van der Waals surface area contributed by atoms with E-state index in [0.717, 1.165) is 11.1 Å². The number of halogens is 2. The Balaban J connectivity index is 1.91. The molecular weight excluding hydrogens is 333 g/mol. The highest BCUT2D eigenvalue weighted by Gasteiger charge is 2.03. The van der Waals surface area contributed by atoms with Gasteiger partial charge >= 0.3 is 0 Å². The highest BCUT2D eigenvalue weighted by molar-refractivity contribution is 6.37. The van der Waals surface area contributed by atoms with Crippen LogP contribution in [0.1, 0.15) is 16.7 Å². The zero-order chi connectivity index (χ0) is 16.7. The number of amides is 1. The van der Waals surface area contributed by atoms with Crippen LogP contribution in [0, 0.1) is 0 Å². The van der Waals surface area contributed by atoms with Crippen molar-refractivity contribution in [3.05, 3.63) is 75.3 Å². The fourth-order valence-corrected chi connectivity index (χ4v) is 2.52. The van der Waals surface area contributed by atoms with Gasteiger partial charge in [-0.2, -0.15) is 0 Å². The monoisotopic (exact) mass is 349 g/mol. The van der Waals surface area contributed by atoms with Gasteiger partial charge in [0.05, 0.1) is 6.61 Å². The summed E-state index contributed by atoms with van der Waals surface area (Å²) in [6.07, 6.45) is 3.04. The summed E-state index contributed by atoms with van der Waals surface area (Å²) in [5.41, 5.74) is 2.74. The van der Waals surface area contributed by atoms with Crippen molar-refractivity contribution in [1.29, 1.82) is 0 Å². The molecule has 0 aliphatic carbocycles. The van der Waals surface area contributed by atoms with Crippen LogP contribution in [0.4, 0.5) is 0 Å². The van der Waals surface area contributed by atoms with E-state index in [9.17, 15) is 4.79 Å². The van der Waals surface area contributed by atoms with E-state index in [1.54, 1.807) is 31.4 Å². The summed E-state index contributed by atoms with van der Waals surface area (Å²) in [6.45, 7) is 1.03. The van der Waals surface area contributed by atoms with Crippen LogP contribution in [-0.2, 0) is 22.7 Å². The standard InChI is InChI=1S/C18H17Cl2NO2/c1-23-12-14-7-5-13(6-8-14)11-21-18(22)10-9-15-16(19)3-2-4-17(15)20/h2-10H,11-12H2,1H3,(H,21,22)/b10-9+. The molecule has 120 valence electrons. The van der Waals surface area contributed by atoms with Crippen molar-refractivity contribution in [3.63, 3.8) is 0 Å². The summed E-state index contributed by atoms with van der Waals surface area (Å²) in [6, 6.07) is 13.1. The molecule has 1 N–H and O–H groups in total. The molecule has 0 atom stereocenters. The Labute approximate surface area is 145 Å². The van der Waals surface area contributed by atoms with Gasteiger partial charge in [0.25, 0.3) is 0 Å². The third-order valence-corrected chi connectivity index (χ3v) is 3.86. The van der Waals surface area contributed by atoms with Gasteiger partial charge in [0.15, 0.2) is 0 Å². The lowest BCUT2D eigenvalue weighted by Crippen LogP contribution is -2.20. The molecule has 3 nitrogen and oxygen atoms in total. The number of methoxy groups -OCH3 is 1. The van der Waals surface area contributed by atoms with Crippen molar-refractivity contribution in [2.45, 2.75) is 13.2 Å². The van der Waals surface area contributed by atoms with Crippen LogP contribution in [-0.4, -0.2) is 13.0 Å².